The van der Waals surface area contributed by atoms with Gasteiger partial charge in [0.2, 0.25) is 11.5 Å². The molecule has 1 heterocycles. The lowest BCUT2D eigenvalue weighted by Crippen LogP contribution is -2.22. The Hall–Kier alpha value is -3.15. The predicted molar refractivity (Wildman–Crippen MR) is 127 cm³/mol. The van der Waals surface area contributed by atoms with Gasteiger partial charge in [-0.1, -0.05) is 6.58 Å². The van der Waals surface area contributed by atoms with Crippen molar-refractivity contribution >= 4 is 10.1 Å². The summed E-state index contributed by atoms with van der Waals surface area (Å²) < 4.78 is 68.2. The molecule has 1 aliphatic rings. The highest BCUT2D eigenvalue weighted by molar-refractivity contribution is 7.86. The third kappa shape index (κ3) is 5.75. The van der Waals surface area contributed by atoms with E-state index in [4.69, 9.17) is 37.3 Å². The molecule has 11 heteroatoms. The van der Waals surface area contributed by atoms with Crippen LogP contribution in [-0.4, -0.2) is 56.3 Å². The standard InChI is InChI=1S/C24H30O10S/c1-8-17(15-11-18(27-3)23(19(12-15)28-4)34-35(7,25)26)33-21-14-16(24(2)31-9-10-32-24)13-20(29-5)22(21)30-6/h8,11-14,17H,1,9-10H2,2-7H3. The second kappa shape index (κ2) is 10.6. The van der Waals surface area contributed by atoms with Crippen molar-refractivity contribution in [1.29, 1.82) is 0 Å². The average Bonchev–Trinajstić information content (AvgIpc) is 3.28. The summed E-state index contributed by atoms with van der Waals surface area (Å²) in [5.74, 6) is 0.363. The Morgan fingerprint density at radius 1 is 0.886 bits per heavy atom. The van der Waals surface area contributed by atoms with E-state index >= 15 is 0 Å². The molecule has 0 spiro atoms. The van der Waals surface area contributed by atoms with Crippen molar-refractivity contribution < 1.29 is 45.8 Å². The average molecular weight is 511 g/mol. The van der Waals surface area contributed by atoms with Crippen molar-refractivity contribution in [2.24, 2.45) is 0 Å². The summed E-state index contributed by atoms with van der Waals surface area (Å²) in [6.07, 6.45) is 1.77. The summed E-state index contributed by atoms with van der Waals surface area (Å²) in [6, 6.07) is 6.67. The van der Waals surface area contributed by atoms with Gasteiger partial charge in [-0.25, -0.2) is 0 Å². The van der Waals surface area contributed by atoms with Crippen LogP contribution in [0.2, 0.25) is 0 Å². The fourth-order valence-electron chi connectivity index (χ4n) is 3.65. The van der Waals surface area contributed by atoms with E-state index in [1.807, 2.05) is 6.92 Å². The normalized spacial score (nSPS) is 15.7. The second-order valence-electron chi connectivity index (χ2n) is 7.67. The summed E-state index contributed by atoms with van der Waals surface area (Å²) in [7, 11) is 1.96. The Labute approximate surface area is 205 Å². The summed E-state index contributed by atoms with van der Waals surface area (Å²) in [5.41, 5.74) is 1.23. The van der Waals surface area contributed by atoms with Gasteiger partial charge in [0.05, 0.1) is 47.9 Å². The van der Waals surface area contributed by atoms with E-state index in [2.05, 4.69) is 6.58 Å². The van der Waals surface area contributed by atoms with Crippen LogP contribution in [-0.2, 0) is 25.4 Å². The quantitative estimate of drug-likeness (QED) is 0.329. The molecule has 1 saturated heterocycles. The molecule has 0 aliphatic carbocycles. The molecule has 10 nitrogen and oxygen atoms in total. The Morgan fingerprint density at radius 3 is 1.86 bits per heavy atom. The second-order valence-corrected chi connectivity index (χ2v) is 9.24. The smallest absolute Gasteiger partial charge is 0.306 e. The minimum atomic E-state index is -3.83. The van der Waals surface area contributed by atoms with Crippen LogP contribution in [0.5, 0.6) is 34.5 Å². The maximum atomic E-state index is 11.7. The zero-order valence-electron chi connectivity index (χ0n) is 20.6. The predicted octanol–water partition coefficient (Wildman–Crippen LogP) is 3.59. The van der Waals surface area contributed by atoms with Crippen LogP contribution in [0.25, 0.3) is 0 Å². The van der Waals surface area contributed by atoms with Gasteiger partial charge >= 0.3 is 10.1 Å². The van der Waals surface area contributed by atoms with Crippen LogP contribution in [0, 0.1) is 0 Å². The van der Waals surface area contributed by atoms with Crippen LogP contribution in [0.15, 0.2) is 36.9 Å². The summed E-state index contributed by atoms with van der Waals surface area (Å²) in [6.45, 7) is 6.61. The lowest BCUT2D eigenvalue weighted by molar-refractivity contribution is -0.149. The topological polar surface area (TPSA) is 108 Å². The molecule has 0 radical (unpaired) electrons. The molecule has 1 fully saturated rings. The molecule has 0 amide bonds. The first-order valence-corrected chi connectivity index (χ1v) is 12.4. The lowest BCUT2D eigenvalue weighted by atomic mass is 10.0. The maximum absolute atomic E-state index is 11.7. The SMILES string of the molecule is C=CC(Oc1cc(C2(C)OCCO2)cc(OC)c1OC)c1cc(OC)c(OS(C)(=O)=O)c(OC)c1. The molecule has 2 aromatic rings. The number of methoxy groups -OCH3 is 4. The van der Waals surface area contributed by atoms with Crippen LogP contribution >= 0.6 is 0 Å². The van der Waals surface area contributed by atoms with Crippen LogP contribution < -0.4 is 27.9 Å². The first-order chi connectivity index (χ1) is 16.6. The molecule has 1 unspecified atom stereocenters. The van der Waals surface area contributed by atoms with E-state index in [0.29, 0.717) is 41.6 Å². The van der Waals surface area contributed by atoms with Gasteiger partial charge in [-0.3, -0.25) is 0 Å². The fraction of sp³-hybridized carbons (Fsp3) is 0.417. The zero-order chi connectivity index (χ0) is 25.8. The fourth-order valence-corrected chi connectivity index (χ4v) is 4.11. The first-order valence-electron chi connectivity index (χ1n) is 10.6. The largest absolute Gasteiger partial charge is 0.493 e. The van der Waals surface area contributed by atoms with Gasteiger partial charge < -0.3 is 37.3 Å². The van der Waals surface area contributed by atoms with E-state index in [-0.39, 0.29) is 17.2 Å². The van der Waals surface area contributed by atoms with Crippen LogP contribution in [0.3, 0.4) is 0 Å². The Balaban J connectivity index is 2.08. The van der Waals surface area contributed by atoms with Crippen molar-refractivity contribution in [3.63, 3.8) is 0 Å². The minimum Gasteiger partial charge on any atom is -0.493 e. The van der Waals surface area contributed by atoms with Crippen molar-refractivity contribution in [2.75, 3.05) is 47.9 Å². The third-order valence-electron chi connectivity index (χ3n) is 5.32. The highest BCUT2D eigenvalue weighted by Crippen LogP contribution is 2.46. The van der Waals surface area contributed by atoms with Crippen LogP contribution in [0.1, 0.15) is 24.2 Å². The Bertz CT molecular complexity index is 1140. The maximum Gasteiger partial charge on any atom is 0.306 e. The van der Waals surface area contributed by atoms with Gasteiger partial charge in [-0.05, 0) is 37.3 Å². The first kappa shape index (κ1) is 26.5. The third-order valence-corrected chi connectivity index (χ3v) is 5.79. The number of benzene rings is 2. The molecule has 2 aromatic carbocycles. The molecular weight excluding hydrogens is 480 g/mol. The summed E-state index contributed by atoms with van der Waals surface area (Å²) in [5, 5.41) is 0. The highest BCUT2D eigenvalue weighted by atomic mass is 32.2. The van der Waals surface area contributed by atoms with Crippen molar-refractivity contribution in [3.05, 3.63) is 48.0 Å². The van der Waals surface area contributed by atoms with Crippen molar-refractivity contribution in [3.8, 4) is 34.5 Å². The Kier molecular flexibility index (Phi) is 8.04. The molecule has 0 N–H and O–H groups in total. The molecule has 1 aliphatic heterocycles. The molecule has 3 rings (SSSR count). The monoisotopic (exact) mass is 510 g/mol. The number of ether oxygens (including phenoxy) is 7. The van der Waals surface area contributed by atoms with Gasteiger partial charge in [0.1, 0.15) is 6.10 Å². The van der Waals surface area contributed by atoms with E-state index in [0.717, 1.165) is 6.26 Å². The van der Waals surface area contributed by atoms with E-state index in [1.54, 1.807) is 30.3 Å². The summed E-state index contributed by atoms with van der Waals surface area (Å²) in [4.78, 5) is 0. The Morgan fingerprint density at radius 2 is 1.40 bits per heavy atom. The number of rotatable bonds is 11. The van der Waals surface area contributed by atoms with Gasteiger partial charge in [0.25, 0.3) is 0 Å². The number of hydrogen-bond donors (Lipinski definition) is 0. The van der Waals surface area contributed by atoms with Crippen molar-refractivity contribution in [1.82, 2.24) is 0 Å². The van der Waals surface area contributed by atoms with Gasteiger partial charge in [0, 0.05) is 11.1 Å². The van der Waals surface area contributed by atoms with Gasteiger partial charge in [-0.2, -0.15) is 8.42 Å². The minimum absolute atomic E-state index is 0.0752. The van der Waals surface area contributed by atoms with E-state index in [9.17, 15) is 8.42 Å². The van der Waals surface area contributed by atoms with E-state index in [1.165, 1.54) is 28.4 Å². The molecular formula is C24H30O10S. The molecule has 1 atom stereocenters. The molecule has 192 valence electrons. The van der Waals surface area contributed by atoms with Crippen molar-refractivity contribution in [2.45, 2.75) is 18.8 Å². The lowest BCUT2D eigenvalue weighted by Gasteiger charge is -2.26. The molecule has 35 heavy (non-hydrogen) atoms. The molecule has 0 saturated carbocycles. The number of hydrogen-bond acceptors (Lipinski definition) is 10. The van der Waals surface area contributed by atoms with Gasteiger partial charge in [0.15, 0.2) is 28.8 Å². The zero-order valence-corrected chi connectivity index (χ0v) is 21.4. The molecule has 0 bridgehead atoms. The molecule has 0 aromatic heterocycles. The van der Waals surface area contributed by atoms with Gasteiger partial charge in [-0.15, -0.1) is 0 Å². The summed E-state index contributed by atoms with van der Waals surface area (Å²) >= 11 is 0. The van der Waals surface area contributed by atoms with Crippen LogP contribution in [0.4, 0.5) is 0 Å². The van der Waals surface area contributed by atoms with E-state index < -0.39 is 22.0 Å². The highest BCUT2D eigenvalue weighted by Gasteiger charge is 2.35.